The summed E-state index contributed by atoms with van der Waals surface area (Å²) < 4.78 is 28.3. The average Bonchev–Trinajstić information content (AvgIpc) is 3.01. The van der Waals surface area contributed by atoms with Crippen molar-refractivity contribution in [3.63, 3.8) is 0 Å². The van der Waals surface area contributed by atoms with Crippen LogP contribution in [0.4, 0.5) is 5.69 Å². The Morgan fingerprint density at radius 1 is 1.21 bits per heavy atom. The van der Waals surface area contributed by atoms with Crippen LogP contribution in [0.3, 0.4) is 0 Å². The maximum absolute atomic E-state index is 12.9. The van der Waals surface area contributed by atoms with Crippen LogP contribution in [0.25, 0.3) is 16.9 Å². The summed E-state index contributed by atoms with van der Waals surface area (Å²) in [4.78, 5) is 17.1. The molecular weight excluding hydrogens is 380 g/mol. The van der Waals surface area contributed by atoms with Gasteiger partial charge in [-0.3, -0.25) is 14.2 Å². The highest BCUT2D eigenvalue weighted by atomic mass is 32.2. The molecule has 2 N–H and O–H groups in total. The third-order valence-electron chi connectivity index (χ3n) is 4.32. The van der Waals surface area contributed by atoms with E-state index in [1.54, 1.807) is 43.3 Å². The maximum atomic E-state index is 12.9. The van der Waals surface area contributed by atoms with E-state index in [0.717, 1.165) is 4.31 Å². The summed E-state index contributed by atoms with van der Waals surface area (Å²) >= 11 is 0. The van der Waals surface area contributed by atoms with E-state index in [0.29, 0.717) is 33.9 Å². The molecule has 0 fully saturated rings. The first-order valence-electron chi connectivity index (χ1n) is 8.24. The number of anilines is 1. The van der Waals surface area contributed by atoms with Crippen molar-refractivity contribution >= 4 is 15.9 Å². The van der Waals surface area contributed by atoms with Crippen LogP contribution in [0, 0.1) is 18.3 Å². The van der Waals surface area contributed by atoms with Gasteiger partial charge in [0.05, 0.1) is 29.1 Å². The Kier molecular flexibility index (Phi) is 5.04. The lowest BCUT2D eigenvalue weighted by molar-refractivity contribution is 0.586. The molecule has 10 heteroatoms. The predicted octanol–water partition coefficient (Wildman–Crippen LogP) is 1.31. The fourth-order valence-corrected chi connectivity index (χ4v) is 3.39. The predicted molar refractivity (Wildman–Crippen MR) is 105 cm³/mol. The van der Waals surface area contributed by atoms with Crippen molar-refractivity contribution in [1.29, 1.82) is 5.26 Å². The number of hydrogen-bond acceptors (Lipinski definition) is 5. The van der Waals surface area contributed by atoms with Crippen LogP contribution in [-0.4, -0.2) is 37.3 Å². The van der Waals surface area contributed by atoms with Gasteiger partial charge in [-0.1, -0.05) is 12.1 Å². The lowest BCUT2D eigenvalue weighted by atomic mass is 10.1. The number of hydrogen-bond donors (Lipinski definition) is 2. The molecule has 0 saturated heterocycles. The van der Waals surface area contributed by atoms with Crippen LogP contribution in [-0.2, 0) is 10.2 Å². The Bertz CT molecular complexity index is 1200. The van der Waals surface area contributed by atoms with Gasteiger partial charge in [0.25, 0.3) is 5.56 Å². The van der Waals surface area contributed by atoms with Crippen LogP contribution >= 0.6 is 0 Å². The second-order valence-electron chi connectivity index (χ2n) is 5.99. The molecule has 0 aliphatic carbocycles. The molecule has 0 atom stereocenters. The highest BCUT2D eigenvalue weighted by Gasteiger charge is 2.18. The van der Waals surface area contributed by atoms with Gasteiger partial charge in [-0.2, -0.15) is 13.7 Å². The van der Waals surface area contributed by atoms with Crippen LogP contribution in [0.15, 0.2) is 47.4 Å². The molecule has 2 aromatic heterocycles. The van der Waals surface area contributed by atoms with Crippen molar-refractivity contribution in [2.45, 2.75) is 6.92 Å². The molecule has 9 nitrogen and oxygen atoms in total. The molecule has 144 valence electrons. The van der Waals surface area contributed by atoms with Crippen LogP contribution in [0.2, 0.25) is 0 Å². The first-order chi connectivity index (χ1) is 13.3. The number of benzene rings is 1. The molecule has 3 rings (SSSR count). The van der Waals surface area contributed by atoms with Gasteiger partial charge in [0, 0.05) is 19.8 Å². The van der Waals surface area contributed by atoms with E-state index in [1.165, 1.54) is 25.0 Å². The van der Waals surface area contributed by atoms with Gasteiger partial charge in [-0.15, -0.1) is 0 Å². The van der Waals surface area contributed by atoms with Crippen molar-refractivity contribution in [1.82, 2.24) is 19.5 Å². The minimum Gasteiger partial charge on any atom is -0.293 e. The van der Waals surface area contributed by atoms with E-state index in [2.05, 4.69) is 14.8 Å². The van der Waals surface area contributed by atoms with Gasteiger partial charge in [0.2, 0.25) is 0 Å². The third kappa shape index (κ3) is 3.40. The van der Waals surface area contributed by atoms with Crippen molar-refractivity contribution in [3.05, 3.63) is 64.2 Å². The van der Waals surface area contributed by atoms with E-state index < -0.39 is 10.2 Å². The van der Waals surface area contributed by atoms with E-state index in [-0.39, 0.29) is 5.56 Å². The normalized spacial score (nSPS) is 11.2. The zero-order valence-corrected chi connectivity index (χ0v) is 16.3. The van der Waals surface area contributed by atoms with Crippen LogP contribution in [0.5, 0.6) is 0 Å². The molecule has 2 heterocycles. The number of nitrogens with one attached hydrogen (secondary N) is 2. The van der Waals surface area contributed by atoms with Crippen LogP contribution in [0.1, 0.15) is 11.3 Å². The number of nitriles is 1. The second kappa shape index (κ2) is 7.30. The summed E-state index contributed by atoms with van der Waals surface area (Å²) in [5, 5.41) is 11.9. The summed E-state index contributed by atoms with van der Waals surface area (Å²) in [5.41, 5.74) is 2.38. The van der Waals surface area contributed by atoms with Gasteiger partial charge in [0.15, 0.2) is 5.82 Å². The third-order valence-corrected chi connectivity index (χ3v) is 5.77. The lowest BCUT2D eigenvalue weighted by Crippen LogP contribution is -2.36. The number of pyridine rings is 1. The fraction of sp³-hybridized carbons (Fsp3) is 0.167. The summed E-state index contributed by atoms with van der Waals surface area (Å²) in [6, 6.07) is 11.9. The molecule has 0 aliphatic heterocycles. The Labute approximate surface area is 162 Å². The monoisotopic (exact) mass is 398 g/mol. The first kappa shape index (κ1) is 19.3. The number of aromatic amines is 1. The molecule has 0 amide bonds. The van der Waals surface area contributed by atoms with Crippen molar-refractivity contribution in [2.75, 3.05) is 18.4 Å². The largest absolute Gasteiger partial charge is 0.301 e. The molecule has 28 heavy (non-hydrogen) atoms. The number of rotatable bonds is 5. The SMILES string of the molecule is CNS(=O)(=O)N(C)c1ccc(-n2[nH]c(C)c(-c3ccc(C#N)cc3)c2=O)nc1. The number of H-pyrrole nitrogens is 1. The van der Waals surface area contributed by atoms with Gasteiger partial charge >= 0.3 is 10.2 Å². The Morgan fingerprint density at radius 3 is 2.43 bits per heavy atom. The van der Waals surface area contributed by atoms with Crippen LogP contribution < -0.4 is 14.6 Å². The van der Waals surface area contributed by atoms with Gasteiger partial charge < -0.3 is 0 Å². The first-order valence-corrected chi connectivity index (χ1v) is 9.68. The van der Waals surface area contributed by atoms with E-state index in [4.69, 9.17) is 5.26 Å². The highest BCUT2D eigenvalue weighted by molar-refractivity contribution is 7.90. The van der Waals surface area contributed by atoms with Crippen molar-refractivity contribution in [3.8, 4) is 23.0 Å². The topological polar surface area (TPSA) is 124 Å². The van der Waals surface area contributed by atoms with E-state index >= 15 is 0 Å². The molecule has 0 spiro atoms. The Balaban J connectivity index is 1.99. The minimum absolute atomic E-state index is 0.293. The average molecular weight is 398 g/mol. The van der Waals surface area contributed by atoms with Crippen molar-refractivity contribution < 1.29 is 8.42 Å². The molecular formula is C18H18N6O3S. The number of nitrogens with zero attached hydrogens (tertiary/aromatic N) is 4. The standard InChI is InChI=1S/C18H18N6O3S/c1-12-17(14-6-4-13(10-19)5-7-14)18(25)24(22-12)16-9-8-15(11-21-16)23(3)28(26,27)20-2/h4-9,11,20,22H,1-3H3. The minimum atomic E-state index is -3.64. The number of aromatic nitrogens is 3. The summed E-state index contributed by atoms with van der Waals surface area (Å²) in [5.74, 6) is 0.326. The quantitative estimate of drug-likeness (QED) is 0.671. The number of aryl methyl sites for hydroxylation is 1. The van der Waals surface area contributed by atoms with Gasteiger partial charge in [-0.05, 0) is 36.8 Å². The molecule has 1 aromatic carbocycles. The zero-order chi connectivity index (χ0) is 20.5. The van der Waals surface area contributed by atoms with Gasteiger partial charge in [0.1, 0.15) is 0 Å². The fourth-order valence-electron chi connectivity index (χ4n) is 2.73. The van der Waals surface area contributed by atoms with Gasteiger partial charge in [-0.25, -0.2) is 14.4 Å². The molecule has 0 bridgehead atoms. The molecule has 3 aromatic rings. The molecule has 0 aliphatic rings. The van der Waals surface area contributed by atoms with Crippen molar-refractivity contribution in [2.24, 2.45) is 0 Å². The maximum Gasteiger partial charge on any atom is 0.301 e. The summed E-state index contributed by atoms with van der Waals surface area (Å²) in [6.45, 7) is 1.77. The van der Waals surface area contributed by atoms with E-state index in [9.17, 15) is 13.2 Å². The smallest absolute Gasteiger partial charge is 0.293 e. The second-order valence-corrected chi connectivity index (χ2v) is 7.90. The Morgan fingerprint density at radius 2 is 1.89 bits per heavy atom. The Hall–Kier alpha value is -3.42. The summed E-state index contributed by atoms with van der Waals surface area (Å²) in [6.07, 6.45) is 1.37. The zero-order valence-electron chi connectivity index (χ0n) is 15.5. The molecule has 0 radical (unpaired) electrons. The highest BCUT2D eigenvalue weighted by Crippen LogP contribution is 2.21. The summed E-state index contributed by atoms with van der Waals surface area (Å²) in [7, 11) is -0.919. The molecule has 0 unspecified atom stereocenters. The van der Waals surface area contributed by atoms with E-state index in [1.807, 2.05) is 6.07 Å². The lowest BCUT2D eigenvalue weighted by Gasteiger charge is -2.18. The molecule has 0 saturated carbocycles.